The third-order valence-electron chi connectivity index (χ3n) is 3.07. The fourth-order valence-electron chi connectivity index (χ4n) is 2.13. The molecule has 1 heterocycles. The lowest BCUT2D eigenvalue weighted by molar-refractivity contribution is 0.182. The van der Waals surface area contributed by atoms with Gasteiger partial charge in [-0.15, -0.1) is 0 Å². The summed E-state index contributed by atoms with van der Waals surface area (Å²) < 4.78 is 12.9. The van der Waals surface area contributed by atoms with Crippen LogP contribution in [0.3, 0.4) is 0 Å². The highest BCUT2D eigenvalue weighted by Crippen LogP contribution is 2.18. The van der Waals surface area contributed by atoms with Gasteiger partial charge in [-0.2, -0.15) is 0 Å². The molecule has 1 unspecified atom stereocenters. The summed E-state index contributed by atoms with van der Waals surface area (Å²) >= 11 is 0. The molecule has 0 spiro atoms. The molecule has 0 bridgehead atoms. The van der Waals surface area contributed by atoms with Crippen molar-refractivity contribution in [3.05, 3.63) is 54.1 Å². The molecule has 112 valence electrons. The van der Waals surface area contributed by atoms with Crippen LogP contribution in [0.4, 0.5) is 10.3 Å². The van der Waals surface area contributed by atoms with E-state index >= 15 is 0 Å². The fourth-order valence-corrected chi connectivity index (χ4v) is 2.13. The number of aliphatic hydroxyl groups excluding tert-OH is 1. The Bertz CT molecular complexity index is 545. The Hall–Kier alpha value is -2.01. The predicted molar refractivity (Wildman–Crippen MR) is 80.4 cm³/mol. The summed E-state index contributed by atoms with van der Waals surface area (Å²) in [6.45, 7) is 5.30. The van der Waals surface area contributed by atoms with Crippen LogP contribution < -0.4 is 4.90 Å². The van der Waals surface area contributed by atoms with Crippen LogP contribution in [0.5, 0.6) is 0 Å². The van der Waals surface area contributed by atoms with E-state index in [1.165, 1.54) is 12.1 Å². The molecule has 0 fully saturated rings. The number of anilines is 1. The molecular weight excluding hydrogens is 269 g/mol. The van der Waals surface area contributed by atoms with Gasteiger partial charge in [-0.05, 0) is 29.7 Å². The third-order valence-corrected chi connectivity index (χ3v) is 3.07. The maximum atomic E-state index is 12.9. The highest BCUT2D eigenvalue weighted by Gasteiger charge is 2.17. The quantitative estimate of drug-likeness (QED) is 0.888. The summed E-state index contributed by atoms with van der Waals surface area (Å²) in [5.41, 5.74) is 0.682. The zero-order valence-corrected chi connectivity index (χ0v) is 12.3. The van der Waals surface area contributed by atoms with Crippen LogP contribution in [0, 0.1) is 11.7 Å². The molecule has 2 aromatic rings. The maximum absolute atomic E-state index is 12.9. The van der Waals surface area contributed by atoms with Gasteiger partial charge in [-0.1, -0.05) is 26.0 Å². The van der Waals surface area contributed by atoms with Crippen molar-refractivity contribution < 1.29 is 9.50 Å². The van der Waals surface area contributed by atoms with Crippen LogP contribution in [0.25, 0.3) is 0 Å². The van der Waals surface area contributed by atoms with Crippen molar-refractivity contribution in [1.82, 2.24) is 9.97 Å². The van der Waals surface area contributed by atoms with Crippen molar-refractivity contribution in [3.63, 3.8) is 0 Å². The summed E-state index contributed by atoms with van der Waals surface area (Å²) in [6.07, 6.45) is 2.65. The summed E-state index contributed by atoms with van der Waals surface area (Å²) in [6, 6.07) is 7.65. The Balaban J connectivity index is 2.13. The van der Waals surface area contributed by atoms with E-state index in [0.717, 1.165) is 6.54 Å². The van der Waals surface area contributed by atoms with Crippen LogP contribution in [-0.4, -0.2) is 28.2 Å². The molecule has 2 rings (SSSR count). The van der Waals surface area contributed by atoms with Gasteiger partial charge in [0.2, 0.25) is 5.95 Å². The number of halogens is 1. The van der Waals surface area contributed by atoms with Crippen molar-refractivity contribution >= 4 is 5.95 Å². The van der Waals surface area contributed by atoms with Crippen molar-refractivity contribution in [2.24, 2.45) is 5.92 Å². The normalized spacial score (nSPS) is 12.4. The molecular formula is C16H20FN3O. The minimum atomic E-state index is -0.715. The largest absolute Gasteiger partial charge is 0.387 e. The molecule has 0 saturated carbocycles. The molecule has 1 atom stereocenters. The molecule has 0 saturated heterocycles. The Morgan fingerprint density at radius 2 is 1.71 bits per heavy atom. The Labute approximate surface area is 124 Å². The number of nitrogens with zero attached hydrogens (tertiary/aromatic N) is 3. The molecule has 0 radical (unpaired) electrons. The molecule has 5 heteroatoms. The van der Waals surface area contributed by atoms with E-state index in [1.54, 1.807) is 30.6 Å². The molecule has 21 heavy (non-hydrogen) atoms. The number of hydrogen-bond donors (Lipinski definition) is 1. The molecule has 0 aliphatic rings. The number of benzene rings is 1. The Kier molecular flexibility index (Phi) is 5.22. The first-order valence-electron chi connectivity index (χ1n) is 7.01. The molecule has 1 N–H and O–H groups in total. The lowest BCUT2D eigenvalue weighted by Crippen LogP contribution is -2.33. The van der Waals surface area contributed by atoms with E-state index in [-0.39, 0.29) is 5.82 Å². The second kappa shape index (κ2) is 7.13. The van der Waals surface area contributed by atoms with Gasteiger partial charge in [0.15, 0.2) is 0 Å². The lowest BCUT2D eigenvalue weighted by atomic mass is 10.1. The van der Waals surface area contributed by atoms with E-state index in [2.05, 4.69) is 23.8 Å². The number of hydrogen-bond acceptors (Lipinski definition) is 4. The van der Waals surface area contributed by atoms with Crippen LogP contribution in [0.1, 0.15) is 25.5 Å². The molecule has 1 aromatic carbocycles. The Morgan fingerprint density at radius 3 is 2.29 bits per heavy atom. The second-order valence-electron chi connectivity index (χ2n) is 5.41. The number of aliphatic hydroxyl groups is 1. The third kappa shape index (κ3) is 4.49. The first-order chi connectivity index (χ1) is 10.1. The Morgan fingerprint density at radius 1 is 1.10 bits per heavy atom. The summed E-state index contributed by atoms with van der Waals surface area (Å²) in [5.74, 6) is 0.693. The van der Waals surface area contributed by atoms with Crippen molar-refractivity contribution in [2.75, 3.05) is 18.0 Å². The van der Waals surface area contributed by atoms with Crippen molar-refractivity contribution in [3.8, 4) is 0 Å². The summed E-state index contributed by atoms with van der Waals surface area (Å²) in [4.78, 5) is 10.4. The molecule has 0 aliphatic heterocycles. The SMILES string of the molecule is CC(C)CN(CC(O)c1ccc(F)cc1)c1ncccn1. The van der Waals surface area contributed by atoms with Crippen molar-refractivity contribution in [2.45, 2.75) is 20.0 Å². The fraction of sp³-hybridized carbons (Fsp3) is 0.375. The van der Waals surface area contributed by atoms with Crippen molar-refractivity contribution in [1.29, 1.82) is 0 Å². The van der Waals surface area contributed by atoms with Gasteiger partial charge in [0.25, 0.3) is 0 Å². The highest BCUT2D eigenvalue weighted by molar-refractivity contribution is 5.30. The zero-order chi connectivity index (χ0) is 15.2. The number of aromatic nitrogens is 2. The van der Waals surface area contributed by atoms with Crippen LogP contribution in [-0.2, 0) is 0 Å². The average molecular weight is 289 g/mol. The van der Waals surface area contributed by atoms with Gasteiger partial charge in [0, 0.05) is 18.9 Å². The first kappa shape index (κ1) is 15.4. The first-order valence-corrected chi connectivity index (χ1v) is 7.01. The van der Waals surface area contributed by atoms with E-state index < -0.39 is 6.10 Å². The van der Waals surface area contributed by atoms with Gasteiger partial charge in [0.1, 0.15) is 5.82 Å². The van der Waals surface area contributed by atoms with Crippen LogP contribution in [0.2, 0.25) is 0 Å². The molecule has 0 aliphatic carbocycles. The van der Waals surface area contributed by atoms with Gasteiger partial charge < -0.3 is 10.0 Å². The molecule has 0 amide bonds. The predicted octanol–water partition coefficient (Wildman–Crippen LogP) is 2.81. The van der Waals surface area contributed by atoms with E-state index in [4.69, 9.17) is 0 Å². The molecule has 4 nitrogen and oxygen atoms in total. The maximum Gasteiger partial charge on any atom is 0.225 e. The standard InChI is InChI=1S/C16H20FN3O/c1-12(2)10-20(16-18-8-3-9-19-16)11-15(21)13-4-6-14(17)7-5-13/h3-9,12,15,21H,10-11H2,1-2H3. The van der Waals surface area contributed by atoms with Crippen LogP contribution in [0.15, 0.2) is 42.7 Å². The van der Waals surface area contributed by atoms with Crippen LogP contribution >= 0.6 is 0 Å². The average Bonchev–Trinajstić information content (AvgIpc) is 2.47. The summed E-state index contributed by atoms with van der Waals surface area (Å²) in [7, 11) is 0. The van der Waals surface area contributed by atoms with Gasteiger partial charge in [-0.25, -0.2) is 14.4 Å². The monoisotopic (exact) mass is 289 g/mol. The van der Waals surface area contributed by atoms with E-state index in [0.29, 0.717) is 24.0 Å². The van der Waals surface area contributed by atoms with Gasteiger partial charge >= 0.3 is 0 Å². The number of rotatable bonds is 6. The lowest BCUT2D eigenvalue weighted by Gasteiger charge is -2.27. The smallest absolute Gasteiger partial charge is 0.225 e. The van der Waals surface area contributed by atoms with E-state index in [1.807, 2.05) is 4.90 Å². The zero-order valence-electron chi connectivity index (χ0n) is 12.3. The van der Waals surface area contributed by atoms with Gasteiger partial charge in [-0.3, -0.25) is 0 Å². The van der Waals surface area contributed by atoms with Gasteiger partial charge in [0.05, 0.1) is 12.6 Å². The topological polar surface area (TPSA) is 49.2 Å². The molecule has 1 aromatic heterocycles. The van der Waals surface area contributed by atoms with E-state index in [9.17, 15) is 9.50 Å². The minimum absolute atomic E-state index is 0.309. The minimum Gasteiger partial charge on any atom is -0.387 e. The second-order valence-corrected chi connectivity index (χ2v) is 5.41. The summed E-state index contributed by atoms with van der Waals surface area (Å²) in [5, 5.41) is 10.3. The highest BCUT2D eigenvalue weighted by atomic mass is 19.1.